The molecule has 0 aliphatic carbocycles. The molecule has 0 atom stereocenters. The van der Waals surface area contributed by atoms with Crippen molar-refractivity contribution in [2.24, 2.45) is 5.73 Å². The lowest BCUT2D eigenvalue weighted by Gasteiger charge is -2.04. The average Bonchev–Trinajstić information content (AvgIpc) is 1.98. The highest BCUT2D eigenvalue weighted by molar-refractivity contribution is 7.80. The lowest BCUT2D eigenvalue weighted by molar-refractivity contribution is 0.809. The Balaban J connectivity index is 3.21. The molecule has 0 aliphatic rings. The first kappa shape index (κ1) is 10.5. The highest BCUT2D eigenvalue weighted by Crippen LogP contribution is 2.10. The number of hydrogen-bond acceptors (Lipinski definition) is 2. The summed E-state index contributed by atoms with van der Waals surface area (Å²) in [6.07, 6.45) is 1.44. The molecule has 0 fully saturated rings. The van der Waals surface area contributed by atoms with Gasteiger partial charge in [0, 0.05) is 6.20 Å². The van der Waals surface area contributed by atoms with E-state index in [1.807, 2.05) is 0 Å². The summed E-state index contributed by atoms with van der Waals surface area (Å²) in [4.78, 5) is 11.5. The summed E-state index contributed by atoms with van der Waals surface area (Å²) in [5, 5.41) is 0.435. The molecule has 1 aromatic rings. The summed E-state index contributed by atoms with van der Waals surface area (Å²) in [6, 6.07) is 1.38. The van der Waals surface area contributed by atoms with E-state index >= 15 is 0 Å². The Hall–Kier alpha value is -0.580. The van der Waals surface area contributed by atoms with Crippen molar-refractivity contribution in [2.45, 2.75) is 6.54 Å². The maximum Gasteiger partial charge on any atom is 0.269 e. The predicted octanol–water partition coefficient (Wildman–Crippen LogP) is 1.44. The van der Waals surface area contributed by atoms with Crippen LogP contribution in [0.5, 0.6) is 0 Å². The third kappa shape index (κ3) is 2.69. The predicted molar refractivity (Wildman–Crippen MR) is 57.5 cm³/mol. The van der Waals surface area contributed by atoms with Gasteiger partial charge in [-0.15, -0.1) is 0 Å². The van der Waals surface area contributed by atoms with Crippen molar-refractivity contribution in [3.8, 4) is 0 Å². The second kappa shape index (κ2) is 4.09. The van der Waals surface area contributed by atoms with Crippen LogP contribution in [0.3, 0.4) is 0 Å². The molecule has 0 saturated heterocycles. The van der Waals surface area contributed by atoms with Gasteiger partial charge in [-0.1, -0.05) is 35.4 Å². The van der Waals surface area contributed by atoms with Gasteiger partial charge in [0.05, 0.1) is 16.6 Å². The van der Waals surface area contributed by atoms with E-state index in [1.165, 1.54) is 16.8 Å². The van der Waals surface area contributed by atoms with E-state index in [0.717, 1.165) is 0 Å². The second-order valence-corrected chi connectivity index (χ2v) is 3.77. The van der Waals surface area contributed by atoms with Crippen molar-refractivity contribution in [3.63, 3.8) is 0 Å². The van der Waals surface area contributed by atoms with Gasteiger partial charge in [0.1, 0.15) is 5.02 Å². The summed E-state index contributed by atoms with van der Waals surface area (Å²) < 4.78 is 1.27. The normalized spacial score (nSPS) is 10.0. The van der Waals surface area contributed by atoms with Gasteiger partial charge in [0.25, 0.3) is 5.56 Å². The summed E-state index contributed by atoms with van der Waals surface area (Å²) in [5.41, 5.74) is 4.93. The average molecular weight is 237 g/mol. The van der Waals surface area contributed by atoms with Crippen molar-refractivity contribution in [1.82, 2.24) is 4.57 Å². The van der Waals surface area contributed by atoms with E-state index in [1.54, 1.807) is 0 Å². The first-order chi connectivity index (χ1) is 6.00. The summed E-state index contributed by atoms with van der Waals surface area (Å²) in [7, 11) is 0. The quantitative estimate of drug-likeness (QED) is 0.792. The third-order valence-electron chi connectivity index (χ3n) is 1.34. The molecule has 0 spiro atoms. The minimum Gasteiger partial charge on any atom is -0.392 e. The minimum atomic E-state index is -0.348. The Kier molecular flexibility index (Phi) is 3.30. The van der Waals surface area contributed by atoms with Crippen molar-refractivity contribution in [1.29, 1.82) is 0 Å². The van der Waals surface area contributed by atoms with Crippen molar-refractivity contribution >= 4 is 40.4 Å². The molecule has 0 amide bonds. The molecule has 70 valence electrons. The first-order valence-electron chi connectivity index (χ1n) is 3.34. The van der Waals surface area contributed by atoms with Crippen LogP contribution in [0.4, 0.5) is 0 Å². The zero-order chi connectivity index (χ0) is 10.0. The van der Waals surface area contributed by atoms with Crippen LogP contribution < -0.4 is 11.3 Å². The molecule has 2 N–H and O–H groups in total. The molecule has 3 nitrogen and oxygen atoms in total. The zero-order valence-electron chi connectivity index (χ0n) is 6.46. The molecule has 1 rings (SSSR count). The third-order valence-corrected chi connectivity index (χ3v) is 1.94. The molecule has 0 aliphatic heterocycles. The molecule has 6 heteroatoms. The van der Waals surface area contributed by atoms with Gasteiger partial charge in [0.15, 0.2) is 0 Å². The maximum absolute atomic E-state index is 11.3. The van der Waals surface area contributed by atoms with Gasteiger partial charge in [0.2, 0.25) is 0 Å². The monoisotopic (exact) mass is 236 g/mol. The number of pyridine rings is 1. The van der Waals surface area contributed by atoms with E-state index in [2.05, 4.69) is 12.2 Å². The molecule has 13 heavy (non-hydrogen) atoms. The molecular formula is C7H6Cl2N2OS. The van der Waals surface area contributed by atoms with Gasteiger partial charge < -0.3 is 10.3 Å². The number of nitrogens with zero attached hydrogens (tertiary/aromatic N) is 1. The van der Waals surface area contributed by atoms with Crippen LogP contribution in [0.2, 0.25) is 10.0 Å². The van der Waals surface area contributed by atoms with Crippen LogP contribution >= 0.6 is 35.4 Å². The van der Waals surface area contributed by atoms with E-state index in [-0.39, 0.29) is 22.1 Å². The van der Waals surface area contributed by atoms with Crippen LogP contribution in [0.15, 0.2) is 17.1 Å². The highest BCUT2D eigenvalue weighted by Gasteiger charge is 2.03. The summed E-state index contributed by atoms with van der Waals surface area (Å²) in [5.74, 6) is 0. The molecule has 1 aromatic heterocycles. The molecule has 0 unspecified atom stereocenters. The zero-order valence-corrected chi connectivity index (χ0v) is 8.79. The molecule has 1 heterocycles. The van der Waals surface area contributed by atoms with Crippen LogP contribution in [0.1, 0.15) is 0 Å². The van der Waals surface area contributed by atoms with Gasteiger partial charge in [-0.2, -0.15) is 0 Å². The van der Waals surface area contributed by atoms with E-state index in [0.29, 0.717) is 5.02 Å². The van der Waals surface area contributed by atoms with Gasteiger partial charge in [-0.25, -0.2) is 0 Å². The molecule has 0 aromatic carbocycles. The Morgan fingerprint density at radius 1 is 1.62 bits per heavy atom. The van der Waals surface area contributed by atoms with Gasteiger partial charge in [-0.05, 0) is 6.07 Å². The fourth-order valence-corrected chi connectivity index (χ4v) is 1.50. The molecule has 0 saturated carbocycles. The van der Waals surface area contributed by atoms with Crippen LogP contribution in [0, 0.1) is 0 Å². The highest BCUT2D eigenvalue weighted by atomic mass is 35.5. The standard InChI is InChI=1S/C7H6Cl2N2OS/c8-4-1-5(9)7(12)11(2-4)3-6(10)13/h1-2H,3H2,(H2,10,13). The van der Waals surface area contributed by atoms with E-state index < -0.39 is 0 Å². The molecular weight excluding hydrogens is 231 g/mol. The fraction of sp³-hybridized carbons (Fsp3) is 0.143. The fourth-order valence-electron chi connectivity index (χ4n) is 0.850. The van der Waals surface area contributed by atoms with Crippen LogP contribution in [-0.4, -0.2) is 9.56 Å². The van der Waals surface area contributed by atoms with E-state index in [4.69, 9.17) is 28.9 Å². The topological polar surface area (TPSA) is 48.0 Å². The second-order valence-electron chi connectivity index (χ2n) is 2.41. The minimum absolute atomic E-state index is 0.0590. The smallest absolute Gasteiger partial charge is 0.269 e. The Morgan fingerprint density at radius 3 is 2.77 bits per heavy atom. The number of hydrogen-bond donors (Lipinski definition) is 1. The number of halogens is 2. The van der Waals surface area contributed by atoms with Crippen LogP contribution in [0.25, 0.3) is 0 Å². The van der Waals surface area contributed by atoms with Gasteiger partial charge in [-0.3, -0.25) is 4.79 Å². The lowest BCUT2D eigenvalue weighted by atomic mass is 10.4. The Labute approximate surface area is 90.1 Å². The number of thiocarbonyl (C=S) groups is 1. The van der Waals surface area contributed by atoms with Crippen molar-refractivity contribution in [2.75, 3.05) is 0 Å². The Bertz CT molecular complexity index is 402. The van der Waals surface area contributed by atoms with E-state index in [9.17, 15) is 4.79 Å². The molecule has 0 radical (unpaired) electrons. The number of nitrogens with two attached hydrogens (primary N) is 1. The number of rotatable bonds is 2. The van der Waals surface area contributed by atoms with Crippen LogP contribution in [-0.2, 0) is 6.54 Å². The SMILES string of the molecule is NC(=S)Cn1cc(Cl)cc(Cl)c1=O. The molecule has 0 bridgehead atoms. The van der Waals surface area contributed by atoms with Crippen molar-refractivity contribution < 1.29 is 0 Å². The lowest BCUT2D eigenvalue weighted by Crippen LogP contribution is -2.26. The largest absolute Gasteiger partial charge is 0.392 e. The van der Waals surface area contributed by atoms with Crippen molar-refractivity contribution in [3.05, 3.63) is 32.7 Å². The maximum atomic E-state index is 11.3. The Morgan fingerprint density at radius 2 is 2.23 bits per heavy atom. The summed E-state index contributed by atoms with van der Waals surface area (Å²) >= 11 is 15.9. The number of aromatic nitrogens is 1. The van der Waals surface area contributed by atoms with Gasteiger partial charge >= 0.3 is 0 Å². The summed E-state index contributed by atoms with van der Waals surface area (Å²) in [6.45, 7) is 0.147. The first-order valence-corrected chi connectivity index (χ1v) is 4.51.